The summed E-state index contributed by atoms with van der Waals surface area (Å²) in [6.07, 6.45) is 3.03. The van der Waals surface area contributed by atoms with Crippen molar-refractivity contribution in [1.29, 1.82) is 0 Å². The Kier molecular flexibility index (Phi) is 3.17. The molecule has 82 valence electrons. The highest BCUT2D eigenvalue weighted by molar-refractivity contribution is 7.80. The molecule has 0 radical (unpaired) electrons. The van der Waals surface area contributed by atoms with E-state index in [2.05, 4.69) is 41.5 Å². The van der Waals surface area contributed by atoms with Crippen LogP contribution in [0.3, 0.4) is 0 Å². The zero-order chi connectivity index (χ0) is 10.8. The largest absolute Gasteiger partial charge is 0.355 e. The zero-order valence-corrected chi connectivity index (χ0v) is 10.1. The number of thiol groups is 1. The summed E-state index contributed by atoms with van der Waals surface area (Å²) < 4.78 is 0. The minimum Gasteiger partial charge on any atom is -0.355 e. The van der Waals surface area contributed by atoms with Gasteiger partial charge in [0.1, 0.15) is 5.82 Å². The lowest BCUT2D eigenvalue weighted by Crippen LogP contribution is -2.31. The molecule has 1 saturated heterocycles. The number of pyridine rings is 1. The van der Waals surface area contributed by atoms with Crippen molar-refractivity contribution in [1.82, 2.24) is 9.88 Å². The lowest BCUT2D eigenvalue weighted by Gasteiger charge is -2.20. The van der Waals surface area contributed by atoms with Crippen molar-refractivity contribution in [3.8, 4) is 0 Å². The highest BCUT2D eigenvalue weighted by Gasteiger charge is 2.24. The van der Waals surface area contributed by atoms with Gasteiger partial charge in [0.15, 0.2) is 0 Å². The molecule has 3 nitrogen and oxygen atoms in total. The van der Waals surface area contributed by atoms with Crippen LogP contribution in [-0.2, 0) is 0 Å². The van der Waals surface area contributed by atoms with Crippen LogP contribution in [0.2, 0.25) is 0 Å². The van der Waals surface area contributed by atoms with Gasteiger partial charge in [0, 0.05) is 30.2 Å². The summed E-state index contributed by atoms with van der Waals surface area (Å²) in [6, 6.07) is 4.69. The summed E-state index contributed by atoms with van der Waals surface area (Å²) in [4.78, 5) is 9.92. The van der Waals surface area contributed by atoms with Crippen LogP contribution in [0.1, 0.15) is 6.42 Å². The van der Waals surface area contributed by atoms with Crippen LogP contribution < -0.4 is 4.90 Å². The maximum atomic E-state index is 4.39. The molecule has 4 heteroatoms. The quantitative estimate of drug-likeness (QED) is 0.767. The summed E-state index contributed by atoms with van der Waals surface area (Å²) in [7, 11) is 4.27. The predicted octanol–water partition coefficient (Wildman–Crippen LogP) is 1.51. The minimum atomic E-state index is 0.655. The van der Waals surface area contributed by atoms with Crippen LogP contribution in [-0.4, -0.2) is 43.1 Å². The van der Waals surface area contributed by atoms with E-state index in [0.717, 1.165) is 23.8 Å². The van der Waals surface area contributed by atoms with E-state index < -0.39 is 0 Å². The molecule has 2 rings (SSSR count). The number of aromatic nitrogens is 1. The summed E-state index contributed by atoms with van der Waals surface area (Å²) in [5, 5.41) is 0. The van der Waals surface area contributed by atoms with Gasteiger partial charge in [0.2, 0.25) is 0 Å². The Bertz CT molecular complexity index is 323. The highest BCUT2D eigenvalue weighted by Crippen LogP contribution is 2.20. The Hall–Kier alpha value is -0.740. The summed E-state index contributed by atoms with van der Waals surface area (Å²) in [6.45, 7) is 2.17. The van der Waals surface area contributed by atoms with Gasteiger partial charge >= 0.3 is 0 Å². The second kappa shape index (κ2) is 4.41. The number of rotatable bonds is 2. The summed E-state index contributed by atoms with van der Waals surface area (Å²) in [5.74, 6) is 1.07. The average molecular weight is 223 g/mol. The molecule has 0 aromatic carbocycles. The molecule has 1 unspecified atom stereocenters. The standard InChI is InChI=1S/C11H17N3S/c1-13(2)9-5-6-14(8-9)11-4-3-10(15)7-12-11/h3-4,7,9,15H,5-6,8H2,1-2H3. The van der Waals surface area contributed by atoms with E-state index in [-0.39, 0.29) is 0 Å². The van der Waals surface area contributed by atoms with Gasteiger partial charge in [0.25, 0.3) is 0 Å². The number of anilines is 1. The molecule has 0 N–H and O–H groups in total. The molecule has 1 atom stereocenters. The third kappa shape index (κ3) is 2.44. The number of hydrogen-bond donors (Lipinski definition) is 1. The fraction of sp³-hybridized carbons (Fsp3) is 0.545. The van der Waals surface area contributed by atoms with Crippen molar-refractivity contribution in [2.45, 2.75) is 17.4 Å². The first-order chi connectivity index (χ1) is 7.16. The van der Waals surface area contributed by atoms with Crippen molar-refractivity contribution in [2.24, 2.45) is 0 Å². The lowest BCUT2D eigenvalue weighted by molar-refractivity contribution is 0.315. The van der Waals surface area contributed by atoms with E-state index in [1.165, 1.54) is 6.42 Å². The van der Waals surface area contributed by atoms with Crippen molar-refractivity contribution in [3.05, 3.63) is 18.3 Å². The minimum absolute atomic E-state index is 0.655. The van der Waals surface area contributed by atoms with Crippen LogP contribution in [0.25, 0.3) is 0 Å². The Morgan fingerprint density at radius 1 is 1.47 bits per heavy atom. The Morgan fingerprint density at radius 2 is 2.27 bits per heavy atom. The molecule has 1 aliphatic rings. The van der Waals surface area contributed by atoms with Crippen molar-refractivity contribution >= 4 is 18.4 Å². The van der Waals surface area contributed by atoms with Gasteiger partial charge in [-0.05, 0) is 32.6 Å². The third-order valence-electron chi connectivity index (χ3n) is 2.95. The van der Waals surface area contributed by atoms with Crippen LogP contribution in [0, 0.1) is 0 Å². The first-order valence-electron chi connectivity index (χ1n) is 5.23. The fourth-order valence-electron chi connectivity index (χ4n) is 1.94. The van der Waals surface area contributed by atoms with E-state index in [9.17, 15) is 0 Å². The van der Waals surface area contributed by atoms with Gasteiger partial charge in [-0.25, -0.2) is 4.98 Å². The molecular weight excluding hydrogens is 206 g/mol. The molecule has 0 bridgehead atoms. The van der Waals surface area contributed by atoms with Crippen LogP contribution in [0.4, 0.5) is 5.82 Å². The first-order valence-corrected chi connectivity index (χ1v) is 5.68. The third-order valence-corrected chi connectivity index (χ3v) is 3.21. The Labute approximate surface area is 96.5 Å². The molecule has 0 amide bonds. The molecule has 0 aliphatic carbocycles. The van der Waals surface area contributed by atoms with Crippen molar-refractivity contribution in [3.63, 3.8) is 0 Å². The predicted molar refractivity (Wildman–Crippen MR) is 65.8 cm³/mol. The van der Waals surface area contributed by atoms with Crippen LogP contribution >= 0.6 is 12.6 Å². The maximum absolute atomic E-state index is 4.39. The Balaban J connectivity index is 2.04. The van der Waals surface area contributed by atoms with Crippen LogP contribution in [0.15, 0.2) is 23.2 Å². The zero-order valence-electron chi connectivity index (χ0n) is 9.22. The summed E-state index contributed by atoms with van der Waals surface area (Å²) in [5.41, 5.74) is 0. The monoisotopic (exact) mass is 223 g/mol. The van der Waals surface area contributed by atoms with E-state index in [4.69, 9.17) is 0 Å². The topological polar surface area (TPSA) is 19.4 Å². The second-order valence-electron chi connectivity index (χ2n) is 4.23. The molecule has 2 heterocycles. The van der Waals surface area contributed by atoms with E-state index >= 15 is 0 Å². The average Bonchev–Trinajstić information content (AvgIpc) is 2.68. The van der Waals surface area contributed by atoms with Gasteiger partial charge < -0.3 is 9.80 Å². The van der Waals surface area contributed by atoms with Crippen LogP contribution in [0.5, 0.6) is 0 Å². The Morgan fingerprint density at radius 3 is 2.80 bits per heavy atom. The smallest absolute Gasteiger partial charge is 0.128 e. The van der Waals surface area contributed by atoms with Gasteiger partial charge in [-0.1, -0.05) is 0 Å². The molecular formula is C11H17N3S. The first kappa shape index (κ1) is 10.8. The lowest BCUT2D eigenvalue weighted by atomic mass is 10.2. The second-order valence-corrected chi connectivity index (χ2v) is 4.74. The number of nitrogens with zero attached hydrogens (tertiary/aromatic N) is 3. The summed E-state index contributed by atoms with van der Waals surface area (Å²) >= 11 is 4.24. The van der Waals surface area contributed by atoms with Gasteiger partial charge in [0.05, 0.1) is 0 Å². The van der Waals surface area contributed by atoms with E-state index in [1.807, 2.05) is 12.1 Å². The van der Waals surface area contributed by atoms with Crippen molar-refractivity contribution < 1.29 is 0 Å². The maximum Gasteiger partial charge on any atom is 0.128 e. The van der Waals surface area contributed by atoms with Gasteiger partial charge in [-0.2, -0.15) is 0 Å². The van der Waals surface area contributed by atoms with E-state index in [1.54, 1.807) is 6.20 Å². The fourth-order valence-corrected chi connectivity index (χ4v) is 2.07. The molecule has 1 aliphatic heterocycles. The van der Waals surface area contributed by atoms with E-state index in [0.29, 0.717) is 6.04 Å². The molecule has 0 spiro atoms. The molecule has 0 saturated carbocycles. The SMILES string of the molecule is CN(C)C1CCN(c2ccc(S)cn2)C1. The normalized spacial score (nSPS) is 21.3. The molecule has 1 fully saturated rings. The number of hydrogen-bond acceptors (Lipinski definition) is 4. The highest BCUT2D eigenvalue weighted by atomic mass is 32.1. The van der Waals surface area contributed by atoms with Gasteiger partial charge in [-0.15, -0.1) is 12.6 Å². The molecule has 1 aromatic heterocycles. The molecule has 15 heavy (non-hydrogen) atoms. The molecule has 1 aromatic rings. The van der Waals surface area contributed by atoms with Gasteiger partial charge in [-0.3, -0.25) is 0 Å². The van der Waals surface area contributed by atoms with Crippen molar-refractivity contribution in [2.75, 3.05) is 32.1 Å². The number of likely N-dealkylation sites (N-methyl/N-ethyl adjacent to an activating group) is 1.